The lowest BCUT2D eigenvalue weighted by Gasteiger charge is -2.19. The topological polar surface area (TPSA) is 85.8 Å². The van der Waals surface area contributed by atoms with Gasteiger partial charge < -0.3 is 11.1 Å². The van der Waals surface area contributed by atoms with E-state index in [2.05, 4.69) is 15.4 Å². The predicted molar refractivity (Wildman–Crippen MR) is 91.0 cm³/mol. The molecule has 1 aromatic carbocycles. The van der Waals surface area contributed by atoms with Crippen LogP contribution in [-0.2, 0) is 0 Å². The van der Waals surface area contributed by atoms with Crippen LogP contribution in [0.25, 0.3) is 5.69 Å². The van der Waals surface area contributed by atoms with Crippen LogP contribution in [0.5, 0.6) is 0 Å². The first-order chi connectivity index (χ1) is 10.7. The number of aromatic nitrogens is 3. The number of aryl methyl sites for hydroxylation is 1. The zero-order chi connectivity index (χ0) is 15.5. The molecule has 2 atom stereocenters. The summed E-state index contributed by atoms with van der Waals surface area (Å²) in [6.45, 7) is 2.60. The summed E-state index contributed by atoms with van der Waals surface area (Å²) >= 11 is 0. The molecular formula is C16H22ClN5O. The van der Waals surface area contributed by atoms with Crippen LogP contribution in [-0.4, -0.2) is 33.3 Å². The number of rotatable bonds is 4. The summed E-state index contributed by atoms with van der Waals surface area (Å²) in [5, 5.41) is 7.24. The highest BCUT2D eigenvalue weighted by atomic mass is 35.5. The Morgan fingerprint density at radius 3 is 2.91 bits per heavy atom. The Morgan fingerprint density at radius 2 is 2.26 bits per heavy atom. The summed E-state index contributed by atoms with van der Waals surface area (Å²) in [7, 11) is 0. The SMILES string of the molecule is Cc1cc(C(=O)NC2CCCC2CN)ccc1-n1cncn1.Cl. The smallest absolute Gasteiger partial charge is 0.251 e. The van der Waals surface area contributed by atoms with Gasteiger partial charge in [0.2, 0.25) is 0 Å². The van der Waals surface area contributed by atoms with Gasteiger partial charge in [-0.25, -0.2) is 9.67 Å². The van der Waals surface area contributed by atoms with Crippen LogP contribution in [0.15, 0.2) is 30.9 Å². The van der Waals surface area contributed by atoms with E-state index >= 15 is 0 Å². The van der Waals surface area contributed by atoms with Gasteiger partial charge in [0.1, 0.15) is 12.7 Å². The van der Waals surface area contributed by atoms with Crippen LogP contribution in [0.1, 0.15) is 35.2 Å². The van der Waals surface area contributed by atoms with E-state index < -0.39 is 0 Å². The Labute approximate surface area is 141 Å². The molecule has 1 saturated carbocycles. The molecule has 7 heteroatoms. The lowest BCUT2D eigenvalue weighted by molar-refractivity contribution is 0.0928. The maximum absolute atomic E-state index is 12.4. The lowest BCUT2D eigenvalue weighted by atomic mass is 10.0. The van der Waals surface area contributed by atoms with Crippen molar-refractivity contribution in [2.45, 2.75) is 32.2 Å². The summed E-state index contributed by atoms with van der Waals surface area (Å²) in [5.41, 5.74) is 8.35. The third-order valence-electron chi connectivity index (χ3n) is 4.40. The Balaban J connectivity index is 0.00000192. The van der Waals surface area contributed by atoms with Gasteiger partial charge in [0, 0.05) is 11.6 Å². The standard InChI is InChI=1S/C16H21N5O.ClH/c1-11-7-12(5-6-15(11)21-10-18-9-19-21)16(22)20-14-4-2-3-13(14)8-17;/h5-7,9-10,13-14H,2-4,8,17H2,1H3,(H,20,22);1H. The number of hydrogen-bond donors (Lipinski definition) is 2. The van der Waals surface area contributed by atoms with Crippen molar-refractivity contribution in [1.82, 2.24) is 20.1 Å². The average Bonchev–Trinajstić information content (AvgIpc) is 3.18. The maximum Gasteiger partial charge on any atom is 0.251 e. The maximum atomic E-state index is 12.4. The molecule has 124 valence electrons. The number of benzene rings is 1. The number of carbonyl (C=O) groups excluding carboxylic acids is 1. The van der Waals surface area contributed by atoms with E-state index in [0.29, 0.717) is 18.0 Å². The van der Waals surface area contributed by atoms with Gasteiger partial charge in [0.25, 0.3) is 5.91 Å². The molecule has 0 bridgehead atoms. The highest BCUT2D eigenvalue weighted by Gasteiger charge is 2.27. The Bertz CT molecular complexity index is 658. The largest absolute Gasteiger partial charge is 0.349 e. The fourth-order valence-electron chi connectivity index (χ4n) is 3.15. The van der Waals surface area contributed by atoms with E-state index in [1.165, 1.54) is 6.33 Å². The minimum atomic E-state index is -0.0291. The second-order valence-corrected chi connectivity index (χ2v) is 5.85. The highest BCUT2D eigenvalue weighted by Crippen LogP contribution is 2.25. The summed E-state index contributed by atoms with van der Waals surface area (Å²) < 4.78 is 1.69. The molecule has 0 saturated heterocycles. The van der Waals surface area contributed by atoms with Gasteiger partial charge in [0.05, 0.1) is 5.69 Å². The van der Waals surface area contributed by atoms with Crippen molar-refractivity contribution in [3.63, 3.8) is 0 Å². The summed E-state index contributed by atoms with van der Waals surface area (Å²) in [4.78, 5) is 16.4. The van der Waals surface area contributed by atoms with Crippen LogP contribution in [0.2, 0.25) is 0 Å². The van der Waals surface area contributed by atoms with E-state index in [4.69, 9.17) is 5.73 Å². The molecule has 6 nitrogen and oxygen atoms in total. The van der Waals surface area contributed by atoms with E-state index in [0.717, 1.165) is 30.5 Å². The quantitative estimate of drug-likeness (QED) is 0.893. The molecule has 3 rings (SSSR count). The number of nitrogens with one attached hydrogen (secondary N) is 1. The number of amides is 1. The zero-order valence-electron chi connectivity index (χ0n) is 13.1. The van der Waals surface area contributed by atoms with Crippen LogP contribution in [0.3, 0.4) is 0 Å². The fourth-order valence-corrected chi connectivity index (χ4v) is 3.15. The monoisotopic (exact) mass is 335 g/mol. The van der Waals surface area contributed by atoms with Crippen molar-refractivity contribution in [2.24, 2.45) is 11.7 Å². The molecule has 1 fully saturated rings. The minimum absolute atomic E-state index is 0. The van der Waals surface area contributed by atoms with E-state index in [1.807, 2.05) is 25.1 Å². The first-order valence-corrected chi connectivity index (χ1v) is 7.65. The van der Waals surface area contributed by atoms with Crippen molar-refractivity contribution in [3.05, 3.63) is 42.0 Å². The Morgan fingerprint density at radius 1 is 1.43 bits per heavy atom. The van der Waals surface area contributed by atoms with Crippen LogP contribution >= 0.6 is 12.4 Å². The number of nitrogens with two attached hydrogens (primary N) is 1. The second-order valence-electron chi connectivity index (χ2n) is 5.85. The average molecular weight is 336 g/mol. The van der Waals surface area contributed by atoms with E-state index in [9.17, 15) is 4.79 Å². The molecule has 0 spiro atoms. The van der Waals surface area contributed by atoms with Crippen LogP contribution in [0, 0.1) is 12.8 Å². The molecule has 1 aromatic heterocycles. The van der Waals surface area contributed by atoms with Gasteiger partial charge in [-0.1, -0.05) is 6.42 Å². The number of halogens is 1. The molecule has 2 unspecified atom stereocenters. The Hall–Kier alpha value is -1.92. The van der Waals surface area contributed by atoms with Gasteiger partial charge in [-0.15, -0.1) is 12.4 Å². The van der Waals surface area contributed by atoms with Crippen molar-refractivity contribution >= 4 is 18.3 Å². The zero-order valence-corrected chi connectivity index (χ0v) is 13.9. The molecule has 1 heterocycles. The molecule has 1 amide bonds. The van der Waals surface area contributed by atoms with Gasteiger partial charge in [-0.3, -0.25) is 4.79 Å². The highest BCUT2D eigenvalue weighted by molar-refractivity contribution is 5.94. The third-order valence-corrected chi connectivity index (χ3v) is 4.40. The van der Waals surface area contributed by atoms with Gasteiger partial charge >= 0.3 is 0 Å². The molecular weight excluding hydrogens is 314 g/mol. The third kappa shape index (κ3) is 3.71. The van der Waals surface area contributed by atoms with Crippen molar-refractivity contribution in [1.29, 1.82) is 0 Å². The van der Waals surface area contributed by atoms with Crippen molar-refractivity contribution in [2.75, 3.05) is 6.54 Å². The van der Waals surface area contributed by atoms with E-state index in [1.54, 1.807) is 11.0 Å². The summed E-state index contributed by atoms with van der Waals surface area (Å²) in [5.74, 6) is 0.373. The molecule has 1 aliphatic rings. The second kappa shape index (κ2) is 7.57. The van der Waals surface area contributed by atoms with Gasteiger partial charge in [-0.2, -0.15) is 5.10 Å². The predicted octanol–water partition coefficient (Wildman–Crippen LogP) is 1.85. The summed E-state index contributed by atoms with van der Waals surface area (Å²) in [6, 6.07) is 5.81. The molecule has 0 radical (unpaired) electrons. The molecule has 1 aliphatic carbocycles. The first kappa shape index (κ1) is 17.4. The minimum Gasteiger partial charge on any atom is -0.349 e. The number of carbonyl (C=O) groups is 1. The Kier molecular flexibility index (Phi) is 5.74. The van der Waals surface area contributed by atoms with Crippen molar-refractivity contribution in [3.8, 4) is 5.69 Å². The molecule has 0 aliphatic heterocycles. The van der Waals surface area contributed by atoms with Crippen LogP contribution < -0.4 is 11.1 Å². The first-order valence-electron chi connectivity index (χ1n) is 7.65. The molecule has 23 heavy (non-hydrogen) atoms. The molecule has 3 N–H and O–H groups in total. The van der Waals surface area contributed by atoms with Gasteiger partial charge in [0.15, 0.2) is 0 Å². The van der Waals surface area contributed by atoms with Crippen LogP contribution in [0.4, 0.5) is 0 Å². The summed E-state index contributed by atoms with van der Waals surface area (Å²) in [6.07, 6.45) is 6.39. The number of hydrogen-bond acceptors (Lipinski definition) is 4. The fraction of sp³-hybridized carbons (Fsp3) is 0.438. The van der Waals surface area contributed by atoms with Gasteiger partial charge in [-0.05, 0) is 56.0 Å². The van der Waals surface area contributed by atoms with Crippen molar-refractivity contribution < 1.29 is 4.79 Å². The van der Waals surface area contributed by atoms with E-state index in [-0.39, 0.29) is 24.4 Å². The normalized spacial score (nSPS) is 20.1. The lowest BCUT2D eigenvalue weighted by Crippen LogP contribution is -2.39. The molecule has 2 aromatic rings. The number of nitrogens with zero attached hydrogens (tertiary/aromatic N) is 3.